The van der Waals surface area contributed by atoms with Gasteiger partial charge in [0, 0.05) is 28.6 Å². The van der Waals surface area contributed by atoms with Crippen LogP contribution in [0.5, 0.6) is 0 Å². The van der Waals surface area contributed by atoms with Gasteiger partial charge in [-0.2, -0.15) is 0 Å². The summed E-state index contributed by atoms with van der Waals surface area (Å²) < 4.78 is 0. The normalized spacial score (nSPS) is 22.4. The third kappa shape index (κ3) is 4.27. The van der Waals surface area contributed by atoms with Gasteiger partial charge in [-0.1, -0.05) is 35.2 Å². The van der Waals surface area contributed by atoms with Crippen LogP contribution in [-0.2, 0) is 0 Å². The van der Waals surface area contributed by atoms with Crippen molar-refractivity contribution in [3.63, 3.8) is 0 Å². The van der Waals surface area contributed by atoms with Crippen LogP contribution in [-0.4, -0.2) is 21.7 Å². The summed E-state index contributed by atoms with van der Waals surface area (Å²) in [5.41, 5.74) is 1.02. The number of non-ortho nitro benzene ring substituents is 1. The molecular weight excluding hydrogens is 336 g/mol. The first-order valence-corrected chi connectivity index (χ1v) is 8.10. The number of nitrogens with zero attached hydrogens (tertiary/aromatic N) is 1. The van der Waals surface area contributed by atoms with Gasteiger partial charge < -0.3 is 5.32 Å². The van der Waals surface area contributed by atoms with Crippen LogP contribution in [0.1, 0.15) is 48.0 Å². The molecule has 0 aromatic heterocycles. The molecule has 0 spiro atoms. The SMILES string of the molecule is Cc1cc(C(=O)NC2CCCCCC2Br)cc([N+](=O)[O-])c1. The van der Waals surface area contributed by atoms with Crippen molar-refractivity contribution in [3.05, 3.63) is 39.4 Å². The molecule has 1 aliphatic rings. The van der Waals surface area contributed by atoms with Crippen LogP contribution in [0.4, 0.5) is 5.69 Å². The van der Waals surface area contributed by atoms with Crippen LogP contribution in [0, 0.1) is 17.0 Å². The maximum absolute atomic E-state index is 12.3. The molecule has 21 heavy (non-hydrogen) atoms. The Kier molecular flexibility index (Phi) is 5.33. The van der Waals surface area contributed by atoms with Gasteiger partial charge in [-0.25, -0.2) is 0 Å². The van der Waals surface area contributed by atoms with Crippen LogP contribution in [0.25, 0.3) is 0 Å². The molecule has 2 unspecified atom stereocenters. The van der Waals surface area contributed by atoms with Gasteiger partial charge in [-0.3, -0.25) is 14.9 Å². The maximum Gasteiger partial charge on any atom is 0.270 e. The van der Waals surface area contributed by atoms with Crippen molar-refractivity contribution >= 4 is 27.5 Å². The van der Waals surface area contributed by atoms with E-state index in [1.54, 1.807) is 13.0 Å². The van der Waals surface area contributed by atoms with Crippen molar-refractivity contribution in [2.24, 2.45) is 0 Å². The zero-order chi connectivity index (χ0) is 15.4. The van der Waals surface area contributed by atoms with Gasteiger partial charge in [0.1, 0.15) is 0 Å². The molecule has 1 fully saturated rings. The molecule has 1 aliphatic carbocycles. The maximum atomic E-state index is 12.3. The predicted molar refractivity (Wildman–Crippen MR) is 84.9 cm³/mol. The smallest absolute Gasteiger partial charge is 0.270 e. The van der Waals surface area contributed by atoms with Crippen LogP contribution < -0.4 is 5.32 Å². The first kappa shape index (κ1) is 15.9. The molecule has 0 heterocycles. The monoisotopic (exact) mass is 354 g/mol. The van der Waals surface area contributed by atoms with Gasteiger partial charge in [0.15, 0.2) is 0 Å². The second kappa shape index (κ2) is 7.02. The molecule has 1 N–H and O–H groups in total. The van der Waals surface area contributed by atoms with E-state index in [1.807, 2.05) is 0 Å². The first-order chi connectivity index (χ1) is 9.97. The van der Waals surface area contributed by atoms with E-state index in [4.69, 9.17) is 0 Å². The Morgan fingerprint density at radius 1 is 1.29 bits per heavy atom. The number of hydrogen-bond donors (Lipinski definition) is 1. The van der Waals surface area contributed by atoms with E-state index in [2.05, 4.69) is 21.2 Å². The zero-order valence-corrected chi connectivity index (χ0v) is 13.6. The van der Waals surface area contributed by atoms with Crippen molar-refractivity contribution < 1.29 is 9.72 Å². The molecule has 0 bridgehead atoms. The van der Waals surface area contributed by atoms with Crippen LogP contribution in [0.3, 0.4) is 0 Å². The molecule has 0 aliphatic heterocycles. The standard InChI is InChI=1S/C15H19BrN2O3/c1-10-7-11(9-12(8-10)18(20)21)15(19)17-14-6-4-2-3-5-13(14)16/h7-9,13-14H,2-6H2,1H3,(H,17,19). The minimum absolute atomic E-state index is 0.0450. The van der Waals surface area contributed by atoms with Crippen LogP contribution in [0.15, 0.2) is 18.2 Å². The molecule has 1 saturated carbocycles. The number of nitro benzene ring substituents is 1. The number of aryl methyl sites for hydroxylation is 1. The largest absolute Gasteiger partial charge is 0.348 e. The fourth-order valence-corrected chi connectivity index (χ4v) is 3.40. The molecule has 0 radical (unpaired) electrons. The Morgan fingerprint density at radius 3 is 2.71 bits per heavy atom. The highest BCUT2D eigenvalue weighted by Crippen LogP contribution is 2.24. The van der Waals surface area contributed by atoms with E-state index < -0.39 is 4.92 Å². The summed E-state index contributed by atoms with van der Waals surface area (Å²) >= 11 is 3.63. The second-order valence-corrected chi connectivity index (χ2v) is 6.72. The van der Waals surface area contributed by atoms with E-state index in [-0.39, 0.29) is 22.5 Å². The summed E-state index contributed by atoms with van der Waals surface area (Å²) in [5.74, 6) is -0.238. The molecule has 1 aromatic carbocycles. The lowest BCUT2D eigenvalue weighted by molar-refractivity contribution is -0.384. The quantitative estimate of drug-likeness (QED) is 0.389. The molecule has 1 aromatic rings. The predicted octanol–water partition coefficient (Wildman–Crippen LogP) is 3.73. The number of carbonyl (C=O) groups excluding carboxylic acids is 1. The number of benzene rings is 1. The number of nitro groups is 1. The highest BCUT2D eigenvalue weighted by molar-refractivity contribution is 9.09. The van der Waals surface area contributed by atoms with E-state index in [0.29, 0.717) is 11.1 Å². The summed E-state index contributed by atoms with van der Waals surface area (Å²) in [7, 11) is 0. The van der Waals surface area contributed by atoms with Crippen molar-refractivity contribution in [1.29, 1.82) is 0 Å². The van der Waals surface area contributed by atoms with Gasteiger partial charge >= 0.3 is 0 Å². The molecule has 2 rings (SSSR count). The lowest BCUT2D eigenvalue weighted by Gasteiger charge is -2.21. The minimum atomic E-state index is -0.470. The number of amides is 1. The molecule has 0 saturated heterocycles. The summed E-state index contributed by atoms with van der Waals surface area (Å²) in [4.78, 5) is 23.0. The van der Waals surface area contributed by atoms with Gasteiger partial charge in [0.25, 0.3) is 11.6 Å². The highest BCUT2D eigenvalue weighted by atomic mass is 79.9. The minimum Gasteiger partial charge on any atom is -0.348 e. The molecule has 5 nitrogen and oxygen atoms in total. The first-order valence-electron chi connectivity index (χ1n) is 7.18. The average Bonchev–Trinajstić information content (AvgIpc) is 2.63. The Balaban J connectivity index is 2.14. The third-order valence-corrected chi connectivity index (χ3v) is 4.88. The summed E-state index contributed by atoms with van der Waals surface area (Å²) in [5, 5.41) is 13.9. The molecule has 114 valence electrons. The van der Waals surface area contributed by atoms with Gasteiger partial charge in [0.2, 0.25) is 0 Å². The van der Waals surface area contributed by atoms with Crippen LogP contribution in [0.2, 0.25) is 0 Å². The average molecular weight is 355 g/mol. The third-order valence-electron chi connectivity index (χ3n) is 3.78. The number of halogens is 1. The number of hydrogen-bond acceptors (Lipinski definition) is 3. The van der Waals surface area contributed by atoms with Crippen molar-refractivity contribution in [1.82, 2.24) is 5.32 Å². The Hall–Kier alpha value is -1.43. The Morgan fingerprint density at radius 2 is 2.00 bits per heavy atom. The second-order valence-electron chi connectivity index (χ2n) is 5.55. The van der Waals surface area contributed by atoms with E-state index >= 15 is 0 Å². The summed E-state index contributed by atoms with van der Waals surface area (Å²) in [6, 6.07) is 4.57. The summed E-state index contributed by atoms with van der Waals surface area (Å²) in [6.45, 7) is 1.75. The van der Waals surface area contributed by atoms with Crippen molar-refractivity contribution in [3.8, 4) is 0 Å². The van der Waals surface area contributed by atoms with Crippen molar-refractivity contribution in [2.75, 3.05) is 0 Å². The van der Waals surface area contributed by atoms with E-state index in [1.165, 1.54) is 18.6 Å². The lowest BCUT2D eigenvalue weighted by atomic mass is 10.1. The fraction of sp³-hybridized carbons (Fsp3) is 0.533. The fourth-order valence-electron chi connectivity index (χ4n) is 2.68. The lowest BCUT2D eigenvalue weighted by Crippen LogP contribution is -2.40. The van der Waals surface area contributed by atoms with Crippen LogP contribution >= 0.6 is 15.9 Å². The molecule has 6 heteroatoms. The van der Waals surface area contributed by atoms with Crippen molar-refractivity contribution in [2.45, 2.75) is 49.9 Å². The van der Waals surface area contributed by atoms with E-state index in [0.717, 1.165) is 25.7 Å². The number of alkyl halides is 1. The summed E-state index contributed by atoms with van der Waals surface area (Å²) in [6.07, 6.45) is 5.43. The highest BCUT2D eigenvalue weighted by Gasteiger charge is 2.24. The van der Waals surface area contributed by atoms with Gasteiger partial charge in [0.05, 0.1) is 4.92 Å². The molecule has 1 amide bonds. The topological polar surface area (TPSA) is 72.2 Å². The zero-order valence-electron chi connectivity index (χ0n) is 12.0. The van der Waals surface area contributed by atoms with Gasteiger partial charge in [-0.15, -0.1) is 0 Å². The Labute approximate surface area is 132 Å². The molecular formula is C15H19BrN2O3. The Bertz CT molecular complexity index is 548. The van der Waals surface area contributed by atoms with Gasteiger partial charge in [-0.05, 0) is 31.4 Å². The number of carbonyl (C=O) groups is 1. The molecule has 2 atom stereocenters. The number of nitrogens with one attached hydrogen (secondary N) is 1. The number of rotatable bonds is 3. The van der Waals surface area contributed by atoms with E-state index in [9.17, 15) is 14.9 Å².